The minimum absolute atomic E-state index is 0.0724. The maximum atomic E-state index is 12.6. The molecule has 0 saturated carbocycles. The number of sulfonamides is 1. The number of pyridine rings is 1. The molecule has 5 nitrogen and oxygen atoms in total. The smallest absolute Gasteiger partial charge is 0.263 e. The van der Waals surface area contributed by atoms with Crippen LogP contribution < -0.4 is 10.5 Å². The van der Waals surface area contributed by atoms with Crippen LogP contribution >= 0.6 is 0 Å². The van der Waals surface area contributed by atoms with E-state index in [9.17, 15) is 8.42 Å². The van der Waals surface area contributed by atoms with Crippen molar-refractivity contribution in [2.45, 2.75) is 32.2 Å². The molecule has 2 aromatic rings. The van der Waals surface area contributed by atoms with Crippen molar-refractivity contribution in [2.24, 2.45) is 5.73 Å². The van der Waals surface area contributed by atoms with Crippen LogP contribution in [0.4, 0.5) is 5.69 Å². The number of rotatable bonds is 4. The lowest BCUT2D eigenvalue weighted by Gasteiger charge is -2.15. The summed E-state index contributed by atoms with van der Waals surface area (Å²) in [6, 6.07) is 6.98. The molecule has 0 amide bonds. The third kappa shape index (κ3) is 3.22. The quantitative estimate of drug-likeness (QED) is 0.907. The fourth-order valence-electron chi connectivity index (χ4n) is 2.35. The Bertz CT molecular complexity index is 747. The maximum absolute atomic E-state index is 12.6. The van der Waals surface area contributed by atoms with E-state index in [1.54, 1.807) is 6.07 Å². The maximum Gasteiger partial charge on any atom is 0.263 e. The molecule has 0 saturated heterocycles. The molecule has 112 valence electrons. The predicted octanol–water partition coefficient (Wildman–Crippen LogP) is 2.27. The molecule has 0 aliphatic carbocycles. The summed E-state index contributed by atoms with van der Waals surface area (Å²) in [6.45, 7) is 5.81. The highest BCUT2D eigenvalue weighted by Gasteiger charge is 2.20. The number of benzene rings is 1. The van der Waals surface area contributed by atoms with Crippen molar-refractivity contribution in [2.75, 3.05) is 4.72 Å². The third-order valence-electron chi connectivity index (χ3n) is 3.24. The summed E-state index contributed by atoms with van der Waals surface area (Å²) in [5, 5.41) is 0. The van der Waals surface area contributed by atoms with E-state index in [0.29, 0.717) is 11.4 Å². The van der Waals surface area contributed by atoms with Crippen molar-refractivity contribution >= 4 is 15.7 Å². The van der Waals surface area contributed by atoms with Crippen LogP contribution in [0.5, 0.6) is 0 Å². The highest BCUT2D eigenvalue weighted by atomic mass is 32.2. The van der Waals surface area contributed by atoms with E-state index < -0.39 is 10.0 Å². The standard InChI is InChI=1S/C15H19N3O2S/c1-10-7-11(2)15(12(3)8-10)18-21(19,20)14-5-4-6-17-13(14)9-16/h4-8,18H,9,16H2,1-3H3. The first-order valence-corrected chi connectivity index (χ1v) is 8.08. The number of aryl methyl sites for hydroxylation is 3. The number of nitrogens with two attached hydrogens (primary N) is 1. The zero-order chi connectivity index (χ0) is 15.6. The first-order chi connectivity index (χ1) is 9.85. The second-order valence-electron chi connectivity index (χ2n) is 5.03. The average molecular weight is 305 g/mol. The largest absolute Gasteiger partial charge is 0.325 e. The number of nitrogens with zero attached hydrogens (tertiary/aromatic N) is 1. The molecule has 0 spiro atoms. The lowest BCUT2D eigenvalue weighted by Crippen LogP contribution is -2.18. The van der Waals surface area contributed by atoms with E-state index in [1.165, 1.54) is 12.3 Å². The van der Waals surface area contributed by atoms with Crippen molar-refractivity contribution in [1.82, 2.24) is 4.98 Å². The summed E-state index contributed by atoms with van der Waals surface area (Å²) in [6.07, 6.45) is 1.53. The van der Waals surface area contributed by atoms with Crippen molar-refractivity contribution in [1.29, 1.82) is 0 Å². The van der Waals surface area contributed by atoms with E-state index in [4.69, 9.17) is 5.73 Å². The molecule has 0 unspecified atom stereocenters. The van der Waals surface area contributed by atoms with Gasteiger partial charge in [0.25, 0.3) is 10.0 Å². The monoisotopic (exact) mass is 305 g/mol. The normalized spacial score (nSPS) is 11.4. The molecule has 0 bridgehead atoms. The average Bonchev–Trinajstić information content (AvgIpc) is 2.43. The Morgan fingerprint density at radius 2 is 1.81 bits per heavy atom. The van der Waals surface area contributed by atoms with Gasteiger partial charge in [0.1, 0.15) is 4.90 Å². The summed E-state index contributed by atoms with van der Waals surface area (Å²) < 4.78 is 27.8. The van der Waals surface area contributed by atoms with Gasteiger partial charge in [-0.15, -0.1) is 0 Å². The van der Waals surface area contributed by atoms with Crippen LogP contribution in [-0.2, 0) is 16.6 Å². The molecule has 2 rings (SSSR count). The van der Waals surface area contributed by atoms with Gasteiger partial charge in [0.15, 0.2) is 0 Å². The molecule has 1 heterocycles. The van der Waals surface area contributed by atoms with Gasteiger partial charge in [-0.1, -0.05) is 17.7 Å². The highest BCUT2D eigenvalue weighted by Crippen LogP contribution is 2.25. The fraction of sp³-hybridized carbons (Fsp3) is 0.267. The lowest BCUT2D eigenvalue weighted by atomic mass is 10.1. The molecule has 3 N–H and O–H groups in total. The fourth-order valence-corrected chi connectivity index (χ4v) is 3.76. The molecular weight excluding hydrogens is 286 g/mol. The van der Waals surface area contributed by atoms with Crippen LogP contribution in [0.15, 0.2) is 35.4 Å². The second-order valence-corrected chi connectivity index (χ2v) is 6.68. The Morgan fingerprint density at radius 1 is 1.19 bits per heavy atom. The molecule has 6 heteroatoms. The number of hydrogen-bond donors (Lipinski definition) is 2. The topological polar surface area (TPSA) is 85.1 Å². The van der Waals surface area contributed by atoms with Crippen LogP contribution in [0.3, 0.4) is 0 Å². The predicted molar refractivity (Wildman–Crippen MR) is 83.6 cm³/mol. The molecule has 0 fully saturated rings. The van der Waals surface area contributed by atoms with Crippen LogP contribution in [0, 0.1) is 20.8 Å². The van der Waals surface area contributed by atoms with Gasteiger partial charge in [0, 0.05) is 12.7 Å². The Balaban J connectivity index is 2.48. The molecule has 0 aliphatic rings. The van der Waals surface area contributed by atoms with Gasteiger partial charge >= 0.3 is 0 Å². The molecule has 21 heavy (non-hydrogen) atoms. The third-order valence-corrected chi connectivity index (χ3v) is 4.67. The van der Waals surface area contributed by atoms with Gasteiger partial charge in [-0.25, -0.2) is 8.42 Å². The summed E-state index contributed by atoms with van der Waals surface area (Å²) in [5.74, 6) is 0. The molecule has 0 radical (unpaired) electrons. The van der Waals surface area contributed by atoms with E-state index in [1.807, 2.05) is 32.9 Å². The van der Waals surface area contributed by atoms with Gasteiger partial charge in [0.2, 0.25) is 0 Å². The van der Waals surface area contributed by atoms with Crippen LogP contribution in [0.2, 0.25) is 0 Å². The van der Waals surface area contributed by atoms with Crippen LogP contribution in [-0.4, -0.2) is 13.4 Å². The van der Waals surface area contributed by atoms with Crippen molar-refractivity contribution in [3.8, 4) is 0 Å². The molecule has 0 aliphatic heterocycles. The minimum Gasteiger partial charge on any atom is -0.325 e. The van der Waals surface area contributed by atoms with Gasteiger partial charge in [-0.05, 0) is 44.0 Å². The SMILES string of the molecule is Cc1cc(C)c(NS(=O)(=O)c2cccnc2CN)c(C)c1. The lowest BCUT2D eigenvalue weighted by molar-refractivity contribution is 0.599. The molecule has 1 aromatic carbocycles. The minimum atomic E-state index is -3.71. The summed E-state index contributed by atoms with van der Waals surface area (Å²) in [4.78, 5) is 4.14. The number of nitrogens with one attached hydrogen (secondary N) is 1. The number of anilines is 1. The molecular formula is C15H19N3O2S. The van der Waals surface area contributed by atoms with Crippen molar-refractivity contribution in [3.05, 3.63) is 52.8 Å². The first-order valence-electron chi connectivity index (χ1n) is 6.60. The van der Waals surface area contributed by atoms with Crippen molar-refractivity contribution in [3.63, 3.8) is 0 Å². The van der Waals surface area contributed by atoms with Gasteiger partial charge in [-0.3, -0.25) is 9.71 Å². The Hall–Kier alpha value is -1.92. The zero-order valence-electron chi connectivity index (χ0n) is 12.3. The molecule has 0 atom stereocenters. The molecule has 1 aromatic heterocycles. The Labute approximate surface area is 125 Å². The summed E-state index contributed by atoms with van der Waals surface area (Å²) >= 11 is 0. The van der Waals surface area contributed by atoms with Gasteiger partial charge < -0.3 is 5.73 Å². The highest BCUT2D eigenvalue weighted by molar-refractivity contribution is 7.92. The van der Waals surface area contributed by atoms with E-state index in [-0.39, 0.29) is 11.4 Å². The zero-order valence-corrected chi connectivity index (χ0v) is 13.2. The van der Waals surface area contributed by atoms with Gasteiger partial charge in [0.05, 0.1) is 11.4 Å². The Morgan fingerprint density at radius 3 is 2.38 bits per heavy atom. The van der Waals surface area contributed by atoms with Gasteiger partial charge in [-0.2, -0.15) is 0 Å². The van der Waals surface area contributed by atoms with E-state index in [0.717, 1.165) is 16.7 Å². The van der Waals surface area contributed by atoms with Crippen LogP contribution in [0.25, 0.3) is 0 Å². The second kappa shape index (κ2) is 5.83. The Kier molecular flexibility index (Phi) is 4.29. The summed E-state index contributed by atoms with van der Waals surface area (Å²) in [5.41, 5.74) is 9.39. The number of aromatic nitrogens is 1. The van der Waals surface area contributed by atoms with Crippen molar-refractivity contribution < 1.29 is 8.42 Å². The van der Waals surface area contributed by atoms with Crippen LogP contribution in [0.1, 0.15) is 22.4 Å². The van der Waals surface area contributed by atoms with E-state index >= 15 is 0 Å². The first kappa shape index (κ1) is 15.5. The van der Waals surface area contributed by atoms with E-state index in [2.05, 4.69) is 9.71 Å². The summed E-state index contributed by atoms with van der Waals surface area (Å²) in [7, 11) is -3.71. The number of hydrogen-bond acceptors (Lipinski definition) is 4.